The Labute approximate surface area is 75.5 Å². The van der Waals surface area contributed by atoms with Gasteiger partial charge < -0.3 is 4.79 Å². The van der Waals surface area contributed by atoms with Crippen molar-refractivity contribution in [3.63, 3.8) is 0 Å². The van der Waals surface area contributed by atoms with Crippen molar-refractivity contribution in [3.05, 3.63) is 0 Å². The number of aldehydes is 1. The molecule has 1 nitrogen and oxygen atoms in total. The van der Waals surface area contributed by atoms with Crippen molar-refractivity contribution in [2.45, 2.75) is 46.5 Å². The van der Waals surface area contributed by atoms with Crippen molar-refractivity contribution < 1.29 is 4.79 Å². The van der Waals surface area contributed by atoms with Gasteiger partial charge in [-0.2, -0.15) is 0 Å². The molecule has 0 aromatic rings. The summed E-state index contributed by atoms with van der Waals surface area (Å²) >= 11 is 0. The predicted molar refractivity (Wildman–Crippen MR) is 51.0 cm³/mol. The first-order valence-corrected chi connectivity index (χ1v) is 4.99. The molecule has 12 heavy (non-hydrogen) atoms. The van der Waals surface area contributed by atoms with Crippen LogP contribution in [0.4, 0.5) is 0 Å². The summed E-state index contributed by atoms with van der Waals surface area (Å²) < 4.78 is 0. The highest BCUT2D eigenvalue weighted by atomic mass is 16.1. The summed E-state index contributed by atoms with van der Waals surface area (Å²) in [6.45, 7) is 6.91. The second kappa shape index (κ2) is 3.59. The van der Waals surface area contributed by atoms with Crippen molar-refractivity contribution in [2.24, 2.45) is 17.3 Å². The molecule has 0 unspecified atom stereocenters. The molecule has 0 bridgehead atoms. The van der Waals surface area contributed by atoms with Crippen LogP contribution in [0.3, 0.4) is 0 Å². The van der Waals surface area contributed by atoms with Gasteiger partial charge in [-0.05, 0) is 37.0 Å². The third-order valence-corrected chi connectivity index (χ3v) is 3.19. The van der Waals surface area contributed by atoms with E-state index in [-0.39, 0.29) is 0 Å². The van der Waals surface area contributed by atoms with Crippen molar-refractivity contribution in [2.75, 3.05) is 0 Å². The Morgan fingerprint density at radius 3 is 1.92 bits per heavy atom. The van der Waals surface area contributed by atoms with E-state index in [1.54, 1.807) is 0 Å². The van der Waals surface area contributed by atoms with Crippen LogP contribution in [0.15, 0.2) is 0 Å². The molecular weight excluding hydrogens is 148 g/mol. The zero-order chi connectivity index (χ0) is 9.19. The Bertz CT molecular complexity index is 147. The maximum Gasteiger partial charge on any atom is 0.123 e. The molecule has 0 N–H and O–H groups in total. The molecule has 1 fully saturated rings. The Morgan fingerprint density at radius 1 is 1.08 bits per heavy atom. The third-order valence-electron chi connectivity index (χ3n) is 3.19. The minimum absolute atomic E-state index is 0.364. The molecule has 0 amide bonds. The van der Waals surface area contributed by atoms with Gasteiger partial charge in [0.25, 0.3) is 0 Å². The summed E-state index contributed by atoms with van der Waals surface area (Å²) in [6, 6.07) is 0. The number of hydrogen-bond donors (Lipinski definition) is 0. The van der Waals surface area contributed by atoms with Crippen LogP contribution in [-0.4, -0.2) is 6.29 Å². The zero-order valence-corrected chi connectivity index (χ0v) is 8.47. The molecule has 70 valence electrons. The first-order valence-electron chi connectivity index (χ1n) is 4.99. The van der Waals surface area contributed by atoms with Gasteiger partial charge in [-0.15, -0.1) is 0 Å². The Balaban J connectivity index is 2.41. The lowest BCUT2D eigenvalue weighted by atomic mass is 9.70. The largest absolute Gasteiger partial charge is 0.303 e. The Hall–Kier alpha value is -0.330. The number of rotatable bonds is 1. The topological polar surface area (TPSA) is 17.1 Å². The molecule has 0 atom stereocenters. The smallest absolute Gasteiger partial charge is 0.123 e. The van der Waals surface area contributed by atoms with Crippen LogP contribution < -0.4 is 0 Å². The highest BCUT2D eigenvalue weighted by molar-refractivity contribution is 5.53. The van der Waals surface area contributed by atoms with Crippen LogP contribution in [0.1, 0.15) is 46.5 Å². The maximum atomic E-state index is 10.5. The minimum Gasteiger partial charge on any atom is -0.303 e. The van der Waals surface area contributed by atoms with E-state index in [9.17, 15) is 4.79 Å². The molecule has 0 aliphatic heterocycles. The highest BCUT2D eigenvalue weighted by Gasteiger charge is 2.29. The summed E-state index contributed by atoms with van der Waals surface area (Å²) in [4.78, 5) is 10.5. The predicted octanol–water partition coefficient (Wildman–Crippen LogP) is 3.04. The van der Waals surface area contributed by atoms with Crippen LogP contribution in [0.25, 0.3) is 0 Å². The second-order valence-electron chi connectivity index (χ2n) is 5.11. The summed E-state index contributed by atoms with van der Waals surface area (Å²) in [7, 11) is 0. The van der Waals surface area contributed by atoms with Crippen LogP contribution >= 0.6 is 0 Å². The first-order chi connectivity index (χ1) is 5.54. The molecule has 1 saturated carbocycles. The van der Waals surface area contributed by atoms with Crippen molar-refractivity contribution in [1.82, 2.24) is 0 Å². The molecule has 1 aliphatic carbocycles. The quantitative estimate of drug-likeness (QED) is 0.550. The van der Waals surface area contributed by atoms with Crippen LogP contribution in [0, 0.1) is 17.3 Å². The number of hydrogen-bond acceptors (Lipinski definition) is 1. The summed E-state index contributed by atoms with van der Waals surface area (Å²) in [5.74, 6) is 1.19. The normalized spacial score (nSPS) is 31.6. The van der Waals surface area contributed by atoms with E-state index >= 15 is 0 Å². The SMILES string of the molecule is CC(C)(C)C1CCC(C=O)CC1. The van der Waals surface area contributed by atoms with Crippen molar-refractivity contribution >= 4 is 6.29 Å². The van der Waals surface area contributed by atoms with Gasteiger partial charge in [-0.25, -0.2) is 0 Å². The number of carbonyl (C=O) groups is 1. The van der Waals surface area contributed by atoms with E-state index in [2.05, 4.69) is 20.8 Å². The van der Waals surface area contributed by atoms with E-state index < -0.39 is 0 Å². The monoisotopic (exact) mass is 168 g/mol. The lowest BCUT2D eigenvalue weighted by molar-refractivity contribution is -0.112. The van der Waals surface area contributed by atoms with E-state index in [1.165, 1.54) is 12.8 Å². The van der Waals surface area contributed by atoms with Gasteiger partial charge >= 0.3 is 0 Å². The molecule has 0 aromatic heterocycles. The molecule has 1 rings (SSSR count). The van der Waals surface area contributed by atoms with Gasteiger partial charge in [0.2, 0.25) is 0 Å². The molecule has 0 saturated heterocycles. The highest BCUT2D eigenvalue weighted by Crippen LogP contribution is 2.39. The van der Waals surface area contributed by atoms with E-state index in [0.717, 1.165) is 25.0 Å². The van der Waals surface area contributed by atoms with Gasteiger partial charge in [0.05, 0.1) is 0 Å². The summed E-state index contributed by atoms with van der Waals surface area (Å²) in [5, 5.41) is 0. The van der Waals surface area contributed by atoms with Gasteiger partial charge in [-0.3, -0.25) is 0 Å². The lowest BCUT2D eigenvalue weighted by Crippen LogP contribution is -2.26. The average molecular weight is 168 g/mol. The fourth-order valence-corrected chi connectivity index (χ4v) is 2.12. The number of carbonyl (C=O) groups excluding carboxylic acids is 1. The van der Waals surface area contributed by atoms with E-state index in [4.69, 9.17) is 0 Å². The second-order valence-corrected chi connectivity index (χ2v) is 5.11. The summed E-state index contributed by atoms with van der Waals surface area (Å²) in [5.41, 5.74) is 0.438. The molecule has 0 aromatic carbocycles. The zero-order valence-electron chi connectivity index (χ0n) is 8.47. The van der Waals surface area contributed by atoms with Crippen LogP contribution in [0.2, 0.25) is 0 Å². The van der Waals surface area contributed by atoms with E-state index in [0.29, 0.717) is 11.3 Å². The Kier molecular flexibility index (Phi) is 2.92. The van der Waals surface area contributed by atoms with Crippen molar-refractivity contribution in [1.29, 1.82) is 0 Å². The minimum atomic E-state index is 0.364. The fraction of sp³-hybridized carbons (Fsp3) is 0.909. The van der Waals surface area contributed by atoms with Crippen LogP contribution in [0.5, 0.6) is 0 Å². The Morgan fingerprint density at radius 2 is 1.58 bits per heavy atom. The fourth-order valence-electron chi connectivity index (χ4n) is 2.12. The molecular formula is C11H20O. The van der Waals surface area contributed by atoms with Gasteiger partial charge in [-0.1, -0.05) is 20.8 Å². The average Bonchev–Trinajstić information content (AvgIpc) is 2.03. The van der Waals surface area contributed by atoms with Crippen molar-refractivity contribution in [3.8, 4) is 0 Å². The van der Waals surface area contributed by atoms with Gasteiger partial charge in [0, 0.05) is 5.92 Å². The lowest BCUT2D eigenvalue weighted by Gasteiger charge is -2.35. The molecule has 0 radical (unpaired) electrons. The standard InChI is InChI=1S/C11H20O/c1-11(2,3)10-6-4-9(8-12)5-7-10/h8-10H,4-7H2,1-3H3. The third kappa shape index (κ3) is 2.33. The van der Waals surface area contributed by atoms with E-state index in [1.807, 2.05) is 0 Å². The molecule has 1 aliphatic rings. The maximum absolute atomic E-state index is 10.5. The molecule has 0 spiro atoms. The first kappa shape index (κ1) is 9.76. The van der Waals surface area contributed by atoms with Crippen LogP contribution in [-0.2, 0) is 4.79 Å². The molecule has 0 heterocycles. The summed E-state index contributed by atoms with van der Waals surface area (Å²) in [6.07, 6.45) is 5.86. The molecule has 1 heteroatoms. The van der Waals surface area contributed by atoms with Gasteiger partial charge in [0.15, 0.2) is 0 Å². The van der Waals surface area contributed by atoms with Gasteiger partial charge in [0.1, 0.15) is 6.29 Å².